The third-order valence-corrected chi connectivity index (χ3v) is 4.31. The van der Waals surface area contributed by atoms with Crippen molar-refractivity contribution in [1.29, 1.82) is 0 Å². The largest absolute Gasteiger partial charge is 0.330 e. The summed E-state index contributed by atoms with van der Waals surface area (Å²) in [5.41, 5.74) is 5.72. The maximum atomic E-state index is 5.72. The molecule has 0 aromatic heterocycles. The lowest BCUT2D eigenvalue weighted by molar-refractivity contribution is 0.0909. The van der Waals surface area contributed by atoms with Gasteiger partial charge in [0.05, 0.1) is 0 Å². The molecule has 0 aromatic rings. The zero-order valence-corrected chi connectivity index (χ0v) is 10.1. The molecule has 1 aliphatic carbocycles. The van der Waals surface area contributed by atoms with E-state index in [-0.39, 0.29) is 0 Å². The van der Waals surface area contributed by atoms with E-state index in [1.165, 1.54) is 51.5 Å². The quantitative estimate of drug-likeness (QED) is 0.775. The second-order valence-electron chi connectivity index (χ2n) is 5.54. The molecule has 3 atom stereocenters. The Bertz CT molecular complexity index is 186. The van der Waals surface area contributed by atoms with Crippen LogP contribution in [0.25, 0.3) is 0 Å². The van der Waals surface area contributed by atoms with Gasteiger partial charge in [0.15, 0.2) is 0 Å². The first kappa shape index (κ1) is 11.4. The van der Waals surface area contributed by atoms with Gasteiger partial charge in [-0.25, -0.2) is 0 Å². The van der Waals surface area contributed by atoms with Crippen LogP contribution in [0.2, 0.25) is 0 Å². The van der Waals surface area contributed by atoms with E-state index in [1.807, 2.05) is 0 Å². The third-order valence-electron chi connectivity index (χ3n) is 4.31. The van der Waals surface area contributed by atoms with Gasteiger partial charge in [0.2, 0.25) is 0 Å². The van der Waals surface area contributed by atoms with Gasteiger partial charge in [0, 0.05) is 12.1 Å². The molecule has 2 nitrogen and oxygen atoms in total. The van der Waals surface area contributed by atoms with Crippen molar-refractivity contribution in [3.63, 3.8) is 0 Å². The van der Waals surface area contributed by atoms with Crippen molar-refractivity contribution in [1.82, 2.24) is 4.90 Å². The van der Waals surface area contributed by atoms with Crippen LogP contribution in [0.4, 0.5) is 0 Å². The third kappa shape index (κ3) is 2.73. The van der Waals surface area contributed by atoms with Crippen molar-refractivity contribution < 1.29 is 0 Å². The number of hydrogen-bond donors (Lipinski definition) is 1. The van der Waals surface area contributed by atoms with Gasteiger partial charge in [0.1, 0.15) is 0 Å². The number of hydrogen-bond acceptors (Lipinski definition) is 2. The summed E-state index contributed by atoms with van der Waals surface area (Å²) >= 11 is 0. The lowest BCUT2D eigenvalue weighted by Gasteiger charge is -2.40. The normalized spacial score (nSPS) is 38.4. The zero-order valence-electron chi connectivity index (χ0n) is 10.1. The van der Waals surface area contributed by atoms with E-state index in [1.54, 1.807) is 0 Å². The van der Waals surface area contributed by atoms with Crippen LogP contribution < -0.4 is 5.73 Å². The Labute approximate surface area is 94.2 Å². The van der Waals surface area contributed by atoms with Gasteiger partial charge in [-0.2, -0.15) is 0 Å². The molecule has 15 heavy (non-hydrogen) atoms. The fraction of sp³-hybridized carbons (Fsp3) is 1.00. The summed E-state index contributed by atoms with van der Waals surface area (Å²) in [7, 11) is 0. The number of likely N-dealkylation sites (tertiary alicyclic amines) is 1. The first-order valence-corrected chi connectivity index (χ1v) is 6.77. The highest BCUT2D eigenvalue weighted by molar-refractivity contribution is 4.87. The van der Waals surface area contributed by atoms with Crippen LogP contribution in [0, 0.1) is 5.92 Å². The molecule has 1 aliphatic heterocycles. The Morgan fingerprint density at radius 1 is 1.20 bits per heavy atom. The molecule has 1 heterocycles. The topological polar surface area (TPSA) is 29.3 Å². The highest BCUT2D eigenvalue weighted by Crippen LogP contribution is 2.33. The van der Waals surface area contributed by atoms with E-state index >= 15 is 0 Å². The molecule has 0 spiro atoms. The van der Waals surface area contributed by atoms with Crippen LogP contribution in [-0.4, -0.2) is 30.1 Å². The average Bonchev–Trinajstić information content (AvgIpc) is 2.66. The Kier molecular flexibility index (Phi) is 4.04. The molecule has 1 saturated carbocycles. The molecule has 3 unspecified atom stereocenters. The molecule has 0 amide bonds. The highest BCUT2D eigenvalue weighted by atomic mass is 15.2. The predicted molar refractivity (Wildman–Crippen MR) is 64.8 cm³/mol. The number of nitrogens with zero attached hydrogens (tertiary/aromatic N) is 1. The minimum atomic E-state index is 0.805. The standard InChI is InChI=1S/C13H26N2/c1-11-5-6-13(10-11)15-9-3-2-4-12(15)7-8-14/h11-13H,2-10,14H2,1H3. The molecule has 2 rings (SSSR count). The van der Waals surface area contributed by atoms with Crippen LogP contribution in [0.5, 0.6) is 0 Å². The Hall–Kier alpha value is -0.0800. The van der Waals surface area contributed by atoms with Crippen molar-refractivity contribution in [2.24, 2.45) is 11.7 Å². The Balaban J connectivity index is 1.92. The lowest BCUT2D eigenvalue weighted by Crippen LogP contribution is -2.46. The van der Waals surface area contributed by atoms with Gasteiger partial charge in [0.25, 0.3) is 0 Å². The van der Waals surface area contributed by atoms with E-state index in [0.29, 0.717) is 0 Å². The van der Waals surface area contributed by atoms with E-state index in [9.17, 15) is 0 Å². The monoisotopic (exact) mass is 210 g/mol. The SMILES string of the molecule is CC1CCC(N2CCCCC2CCN)C1. The summed E-state index contributed by atoms with van der Waals surface area (Å²) in [4.78, 5) is 2.79. The van der Waals surface area contributed by atoms with Gasteiger partial charge in [-0.15, -0.1) is 0 Å². The summed E-state index contributed by atoms with van der Waals surface area (Å²) in [5.74, 6) is 0.954. The second kappa shape index (κ2) is 5.31. The summed E-state index contributed by atoms with van der Waals surface area (Å²) in [6.45, 7) is 4.60. The maximum absolute atomic E-state index is 5.72. The van der Waals surface area contributed by atoms with Crippen molar-refractivity contribution >= 4 is 0 Å². The average molecular weight is 210 g/mol. The summed E-state index contributed by atoms with van der Waals surface area (Å²) in [6, 6.07) is 1.69. The van der Waals surface area contributed by atoms with Crippen LogP contribution in [0.15, 0.2) is 0 Å². The summed E-state index contributed by atoms with van der Waals surface area (Å²) in [6.07, 6.45) is 9.74. The summed E-state index contributed by atoms with van der Waals surface area (Å²) in [5, 5.41) is 0. The van der Waals surface area contributed by atoms with E-state index in [0.717, 1.165) is 24.5 Å². The van der Waals surface area contributed by atoms with E-state index < -0.39 is 0 Å². The Morgan fingerprint density at radius 3 is 2.73 bits per heavy atom. The molecule has 2 fully saturated rings. The van der Waals surface area contributed by atoms with Gasteiger partial charge in [-0.05, 0) is 57.5 Å². The molecule has 0 bridgehead atoms. The first-order chi connectivity index (χ1) is 7.31. The molecule has 0 aromatic carbocycles. The van der Waals surface area contributed by atoms with Gasteiger partial charge in [-0.1, -0.05) is 13.3 Å². The molecule has 0 radical (unpaired) electrons. The number of rotatable bonds is 3. The molecular formula is C13H26N2. The molecular weight excluding hydrogens is 184 g/mol. The van der Waals surface area contributed by atoms with Gasteiger partial charge >= 0.3 is 0 Å². The maximum Gasteiger partial charge on any atom is 0.0110 e. The van der Waals surface area contributed by atoms with E-state index in [2.05, 4.69) is 11.8 Å². The minimum absolute atomic E-state index is 0.805. The van der Waals surface area contributed by atoms with Crippen LogP contribution in [0.1, 0.15) is 51.9 Å². The van der Waals surface area contributed by atoms with Gasteiger partial charge < -0.3 is 5.73 Å². The zero-order chi connectivity index (χ0) is 10.7. The number of nitrogens with two attached hydrogens (primary N) is 1. The Morgan fingerprint density at radius 2 is 2.07 bits per heavy atom. The second-order valence-corrected chi connectivity index (χ2v) is 5.54. The van der Waals surface area contributed by atoms with Crippen molar-refractivity contribution in [3.05, 3.63) is 0 Å². The molecule has 88 valence electrons. The van der Waals surface area contributed by atoms with Crippen LogP contribution in [-0.2, 0) is 0 Å². The minimum Gasteiger partial charge on any atom is -0.330 e. The van der Waals surface area contributed by atoms with Gasteiger partial charge in [-0.3, -0.25) is 4.90 Å². The molecule has 2 aliphatic rings. The highest BCUT2D eigenvalue weighted by Gasteiger charge is 2.32. The van der Waals surface area contributed by atoms with E-state index in [4.69, 9.17) is 5.73 Å². The summed E-state index contributed by atoms with van der Waals surface area (Å²) < 4.78 is 0. The van der Waals surface area contributed by atoms with Crippen molar-refractivity contribution in [2.75, 3.05) is 13.1 Å². The van der Waals surface area contributed by atoms with Crippen LogP contribution >= 0.6 is 0 Å². The lowest BCUT2D eigenvalue weighted by atomic mass is 9.96. The number of piperidine rings is 1. The smallest absolute Gasteiger partial charge is 0.0110 e. The van der Waals surface area contributed by atoms with Crippen molar-refractivity contribution in [3.8, 4) is 0 Å². The molecule has 1 saturated heterocycles. The van der Waals surface area contributed by atoms with Crippen LogP contribution in [0.3, 0.4) is 0 Å². The molecule has 2 heteroatoms. The fourth-order valence-electron chi connectivity index (χ4n) is 3.48. The molecule has 2 N–H and O–H groups in total. The van der Waals surface area contributed by atoms with Crippen molar-refractivity contribution in [2.45, 2.75) is 64.0 Å². The first-order valence-electron chi connectivity index (χ1n) is 6.77. The fourth-order valence-corrected chi connectivity index (χ4v) is 3.48. The predicted octanol–water partition coefficient (Wildman–Crippen LogP) is 2.38.